The van der Waals surface area contributed by atoms with Crippen LogP contribution in [0.5, 0.6) is 0 Å². The van der Waals surface area contributed by atoms with Gasteiger partial charge in [-0.15, -0.1) is 0 Å². The summed E-state index contributed by atoms with van der Waals surface area (Å²) in [6.45, 7) is 3.87. The Labute approximate surface area is 115 Å². The zero-order chi connectivity index (χ0) is 13.9. The van der Waals surface area contributed by atoms with Gasteiger partial charge in [0.25, 0.3) is 10.2 Å². The first-order valence-corrected chi connectivity index (χ1v) is 8.48. The molecule has 1 amide bonds. The zero-order valence-corrected chi connectivity index (χ0v) is 12.2. The number of carbonyl (C=O) groups is 1. The molecular formula is C12H23N3O3S. The van der Waals surface area contributed by atoms with E-state index < -0.39 is 16.3 Å². The Morgan fingerprint density at radius 1 is 1.21 bits per heavy atom. The van der Waals surface area contributed by atoms with Crippen molar-refractivity contribution in [3.63, 3.8) is 0 Å². The van der Waals surface area contributed by atoms with Gasteiger partial charge in [0.05, 0.1) is 0 Å². The lowest BCUT2D eigenvalue weighted by atomic mass is 10.0. The molecule has 2 heterocycles. The van der Waals surface area contributed by atoms with Crippen LogP contribution < -0.4 is 10.0 Å². The molecule has 2 aliphatic rings. The molecule has 2 aliphatic heterocycles. The molecule has 2 rings (SSSR count). The Balaban J connectivity index is 1.97. The van der Waals surface area contributed by atoms with Crippen LogP contribution in [0.2, 0.25) is 0 Å². The molecule has 0 aliphatic carbocycles. The van der Waals surface area contributed by atoms with Gasteiger partial charge < -0.3 is 5.32 Å². The highest BCUT2D eigenvalue weighted by molar-refractivity contribution is 7.87. The van der Waals surface area contributed by atoms with Crippen molar-refractivity contribution in [2.75, 3.05) is 19.6 Å². The van der Waals surface area contributed by atoms with Gasteiger partial charge in [-0.2, -0.15) is 17.4 Å². The van der Waals surface area contributed by atoms with E-state index in [4.69, 9.17) is 0 Å². The molecule has 1 atom stereocenters. The predicted octanol–water partition coefficient (Wildman–Crippen LogP) is 0.221. The fourth-order valence-corrected chi connectivity index (χ4v) is 3.96. The van der Waals surface area contributed by atoms with Crippen molar-refractivity contribution in [2.24, 2.45) is 5.92 Å². The lowest BCUT2D eigenvalue weighted by Gasteiger charge is -2.30. The molecule has 110 valence electrons. The summed E-state index contributed by atoms with van der Waals surface area (Å²) in [4.78, 5) is 11.8. The quantitative estimate of drug-likeness (QED) is 0.780. The highest BCUT2D eigenvalue weighted by Gasteiger charge is 2.31. The molecule has 0 radical (unpaired) electrons. The molecule has 0 aromatic carbocycles. The summed E-state index contributed by atoms with van der Waals surface area (Å²) < 4.78 is 28.5. The van der Waals surface area contributed by atoms with E-state index in [1.165, 1.54) is 4.31 Å². The number of piperidine rings is 1. The summed E-state index contributed by atoms with van der Waals surface area (Å²) in [5.74, 6) is 0.374. The van der Waals surface area contributed by atoms with E-state index in [1.807, 2.05) is 0 Å². The second kappa shape index (κ2) is 6.19. The maximum Gasteiger partial charge on any atom is 0.280 e. The Kier molecular flexibility index (Phi) is 4.81. The third-order valence-electron chi connectivity index (χ3n) is 3.91. The molecule has 0 aromatic rings. The first-order chi connectivity index (χ1) is 8.99. The molecule has 2 N–H and O–H groups in total. The van der Waals surface area contributed by atoms with Crippen molar-refractivity contribution in [3.05, 3.63) is 0 Å². The van der Waals surface area contributed by atoms with Crippen LogP contribution in [0.25, 0.3) is 0 Å². The van der Waals surface area contributed by atoms with Crippen LogP contribution in [0.15, 0.2) is 0 Å². The molecule has 2 saturated heterocycles. The normalized spacial score (nSPS) is 27.8. The molecule has 0 saturated carbocycles. The number of hydrogen-bond donors (Lipinski definition) is 2. The minimum absolute atomic E-state index is 0.202. The summed E-state index contributed by atoms with van der Waals surface area (Å²) in [7, 11) is -3.53. The van der Waals surface area contributed by atoms with E-state index in [1.54, 1.807) is 0 Å². The van der Waals surface area contributed by atoms with Crippen LogP contribution in [-0.4, -0.2) is 44.3 Å². The van der Waals surface area contributed by atoms with Gasteiger partial charge in [0, 0.05) is 19.6 Å². The number of hydrogen-bond acceptors (Lipinski definition) is 3. The highest BCUT2D eigenvalue weighted by Crippen LogP contribution is 2.18. The SMILES string of the molecule is CC1CCN(S(=O)(=O)NC2CCCCNC2=O)CC1. The van der Waals surface area contributed by atoms with E-state index in [9.17, 15) is 13.2 Å². The van der Waals surface area contributed by atoms with Crippen LogP contribution in [0.3, 0.4) is 0 Å². The lowest BCUT2D eigenvalue weighted by Crippen LogP contribution is -2.52. The second-order valence-corrected chi connectivity index (χ2v) is 7.25. The minimum atomic E-state index is -3.53. The molecule has 6 nitrogen and oxygen atoms in total. The van der Waals surface area contributed by atoms with Gasteiger partial charge >= 0.3 is 0 Å². The maximum atomic E-state index is 12.3. The molecule has 2 fully saturated rings. The van der Waals surface area contributed by atoms with Crippen molar-refractivity contribution >= 4 is 16.1 Å². The molecule has 0 aromatic heterocycles. The maximum absolute atomic E-state index is 12.3. The first kappa shape index (κ1) is 14.7. The molecule has 1 unspecified atom stereocenters. The number of nitrogens with zero attached hydrogens (tertiary/aromatic N) is 1. The number of amides is 1. The van der Waals surface area contributed by atoms with E-state index in [0.29, 0.717) is 32.0 Å². The number of nitrogens with one attached hydrogen (secondary N) is 2. The highest BCUT2D eigenvalue weighted by atomic mass is 32.2. The molecule has 0 spiro atoms. The van der Waals surface area contributed by atoms with Crippen molar-refractivity contribution in [1.29, 1.82) is 0 Å². The topological polar surface area (TPSA) is 78.5 Å². The van der Waals surface area contributed by atoms with Crippen LogP contribution >= 0.6 is 0 Å². The fourth-order valence-electron chi connectivity index (χ4n) is 2.53. The Hall–Kier alpha value is -0.660. The summed E-state index contributed by atoms with van der Waals surface area (Å²) >= 11 is 0. The predicted molar refractivity (Wildman–Crippen MR) is 72.7 cm³/mol. The van der Waals surface area contributed by atoms with E-state index in [-0.39, 0.29) is 5.91 Å². The average Bonchev–Trinajstić information content (AvgIpc) is 2.55. The third kappa shape index (κ3) is 3.90. The monoisotopic (exact) mass is 289 g/mol. The number of rotatable bonds is 3. The third-order valence-corrected chi connectivity index (χ3v) is 5.54. The Bertz CT molecular complexity index is 416. The Morgan fingerprint density at radius 3 is 2.58 bits per heavy atom. The van der Waals surface area contributed by atoms with Crippen molar-refractivity contribution in [2.45, 2.75) is 45.1 Å². The van der Waals surface area contributed by atoms with E-state index in [0.717, 1.165) is 25.7 Å². The van der Waals surface area contributed by atoms with Crippen LogP contribution in [-0.2, 0) is 15.0 Å². The van der Waals surface area contributed by atoms with Crippen molar-refractivity contribution in [1.82, 2.24) is 14.3 Å². The Morgan fingerprint density at radius 2 is 1.89 bits per heavy atom. The van der Waals surface area contributed by atoms with Gasteiger partial charge in [-0.3, -0.25) is 4.79 Å². The second-order valence-electron chi connectivity index (χ2n) is 5.54. The van der Waals surface area contributed by atoms with Crippen LogP contribution in [0.1, 0.15) is 39.0 Å². The number of carbonyl (C=O) groups excluding carboxylic acids is 1. The standard InChI is InChI=1S/C12H23N3O3S/c1-10-5-8-15(9-6-10)19(17,18)14-11-4-2-3-7-13-12(11)16/h10-11,14H,2-9H2,1H3,(H,13,16). The van der Waals surface area contributed by atoms with E-state index >= 15 is 0 Å². The fraction of sp³-hybridized carbons (Fsp3) is 0.917. The minimum Gasteiger partial charge on any atom is -0.355 e. The van der Waals surface area contributed by atoms with Gasteiger partial charge in [0.2, 0.25) is 5.91 Å². The summed E-state index contributed by atoms with van der Waals surface area (Å²) in [6, 6.07) is -0.619. The average molecular weight is 289 g/mol. The summed E-state index contributed by atoms with van der Waals surface area (Å²) in [6.07, 6.45) is 4.12. The van der Waals surface area contributed by atoms with Crippen LogP contribution in [0.4, 0.5) is 0 Å². The summed E-state index contributed by atoms with van der Waals surface area (Å²) in [5, 5.41) is 2.74. The van der Waals surface area contributed by atoms with Gasteiger partial charge in [0.1, 0.15) is 6.04 Å². The van der Waals surface area contributed by atoms with Gasteiger partial charge in [0.15, 0.2) is 0 Å². The van der Waals surface area contributed by atoms with Crippen molar-refractivity contribution in [3.8, 4) is 0 Å². The summed E-state index contributed by atoms with van der Waals surface area (Å²) in [5.41, 5.74) is 0. The smallest absolute Gasteiger partial charge is 0.280 e. The first-order valence-electron chi connectivity index (χ1n) is 7.04. The zero-order valence-electron chi connectivity index (χ0n) is 11.4. The molecule has 19 heavy (non-hydrogen) atoms. The van der Waals surface area contributed by atoms with Gasteiger partial charge in [-0.05, 0) is 38.0 Å². The van der Waals surface area contributed by atoms with Crippen LogP contribution in [0, 0.1) is 5.92 Å². The van der Waals surface area contributed by atoms with Gasteiger partial charge in [-0.1, -0.05) is 6.92 Å². The molecular weight excluding hydrogens is 266 g/mol. The largest absolute Gasteiger partial charge is 0.355 e. The van der Waals surface area contributed by atoms with Crippen molar-refractivity contribution < 1.29 is 13.2 Å². The lowest BCUT2D eigenvalue weighted by molar-refractivity contribution is -0.122. The van der Waals surface area contributed by atoms with E-state index in [2.05, 4.69) is 17.0 Å². The van der Waals surface area contributed by atoms with Gasteiger partial charge in [-0.25, -0.2) is 0 Å². The molecule has 7 heteroatoms. The molecule has 0 bridgehead atoms.